The molecule has 0 spiro atoms. The minimum Gasteiger partial charge on any atom is -0.495 e. The molecule has 0 radical (unpaired) electrons. The summed E-state index contributed by atoms with van der Waals surface area (Å²) in [5.41, 5.74) is 6.99. The minimum atomic E-state index is -3.63. The van der Waals surface area contributed by atoms with Crippen LogP contribution in [0.25, 0.3) is 0 Å². The number of ether oxygens (including phenoxy) is 1. The number of nitrogen functional groups attached to an aromatic ring is 1. The minimum absolute atomic E-state index is 0.0715. The molecular formula is C13H23N3O3S. The maximum Gasteiger partial charge on any atom is 0.244 e. The Morgan fingerprint density at radius 2 is 2.05 bits per heavy atom. The van der Waals surface area contributed by atoms with Gasteiger partial charge < -0.3 is 15.4 Å². The molecule has 1 aromatic carbocycles. The van der Waals surface area contributed by atoms with E-state index in [1.54, 1.807) is 13.0 Å². The molecule has 3 N–H and O–H groups in total. The molecule has 0 aliphatic carbocycles. The first-order valence-corrected chi connectivity index (χ1v) is 7.92. The Hall–Kier alpha value is -1.31. The third kappa shape index (κ3) is 4.09. The Morgan fingerprint density at radius 1 is 1.40 bits per heavy atom. The van der Waals surface area contributed by atoms with E-state index in [0.717, 1.165) is 12.1 Å². The average Bonchev–Trinajstić information content (AvgIpc) is 2.40. The molecule has 0 aliphatic rings. The zero-order chi connectivity index (χ0) is 15.3. The number of rotatable bonds is 7. The molecule has 0 atom stereocenters. The van der Waals surface area contributed by atoms with Gasteiger partial charge in [0.1, 0.15) is 10.6 Å². The first-order chi connectivity index (χ1) is 9.31. The molecule has 7 heteroatoms. The van der Waals surface area contributed by atoms with Crippen LogP contribution in [0.1, 0.15) is 12.5 Å². The van der Waals surface area contributed by atoms with Gasteiger partial charge in [-0.3, -0.25) is 0 Å². The van der Waals surface area contributed by atoms with Gasteiger partial charge in [-0.05, 0) is 38.2 Å². The van der Waals surface area contributed by atoms with Gasteiger partial charge in [0.15, 0.2) is 0 Å². The summed E-state index contributed by atoms with van der Waals surface area (Å²) in [5, 5.41) is 0. The molecule has 0 saturated carbocycles. The lowest BCUT2D eigenvalue weighted by atomic mass is 10.2. The Bertz CT molecular complexity index is 558. The van der Waals surface area contributed by atoms with E-state index in [2.05, 4.69) is 4.72 Å². The fraction of sp³-hybridized carbons (Fsp3) is 0.538. The van der Waals surface area contributed by atoms with Crippen LogP contribution in [0.2, 0.25) is 0 Å². The zero-order valence-corrected chi connectivity index (χ0v) is 13.3. The number of methoxy groups -OCH3 is 1. The quantitative estimate of drug-likeness (QED) is 0.728. The summed E-state index contributed by atoms with van der Waals surface area (Å²) >= 11 is 0. The van der Waals surface area contributed by atoms with Crippen molar-refractivity contribution >= 4 is 15.7 Å². The summed E-state index contributed by atoms with van der Waals surface area (Å²) in [6.45, 7) is 5.65. The fourth-order valence-electron chi connectivity index (χ4n) is 1.65. The van der Waals surface area contributed by atoms with Crippen molar-refractivity contribution in [2.45, 2.75) is 18.7 Å². The number of nitrogens with one attached hydrogen (secondary N) is 1. The van der Waals surface area contributed by atoms with E-state index in [-0.39, 0.29) is 4.90 Å². The van der Waals surface area contributed by atoms with E-state index in [4.69, 9.17) is 10.5 Å². The van der Waals surface area contributed by atoms with Crippen LogP contribution in [0.4, 0.5) is 5.69 Å². The summed E-state index contributed by atoms with van der Waals surface area (Å²) in [7, 11) is -0.259. The summed E-state index contributed by atoms with van der Waals surface area (Å²) in [4.78, 5) is 2.09. The van der Waals surface area contributed by atoms with Gasteiger partial charge in [-0.15, -0.1) is 0 Å². The van der Waals surface area contributed by atoms with Crippen LogP contribution in [0.3, 0.4) is 0 Å². The Labute approximate surface area is 121 Å². The molecule has 0 amide bonds. The first kappa shape index (κ1) is 16.7. The SMILES string of the molecule is CCN(C)CCNS(=O)(=O)c1cc(N)c(C)cc1OC. The number of sulfonamides is 1. The van der Waals surface area contributed by atoms with Crippen LogP contribution in [0, 0.1) is 6.92 Å². The van der Waals surface area contributed by atoms with Crippen molar-refractivity contribution in [2.75, 3.05) is 39.5 Å². The molecule has 114 valence electrons. The molecule has 0 bridgehead atoms. The van der Waals surface area contributed by atoms with Crippen molar-refractivity contribution < 1.29 is 13.2 Å². The Kier molecular flexibility index (Phi) is 5.79. The van der Waals surface area contributed by atoms with Crippen molar-refractivity contribution in [1.29, 1.82) is 0 Å². The summed E-state index contributed by atoms with van der Waals surface area (Å²) in [6.07, 6.45) is 0. The van der Waals surface area contributed by atoms with Gasteiger partial charge in [0.05, 0.1) is 7.11 Å². The molecule has 6 nitrogen and oxygen atoms in total. The van der Waals surface area contributed by atoms with Crippen LogP contribution in [0.5, 0.6) is 5.75 Å². The maximum atomic E-state index is 12.3. The van der Waals surface area contributed by atoms with Gasteiger partial charge in [-0.1, -0.05) is 6.92 Å². The first-order valence-electron chi connectivity index (χ1n) is 6.44. The highest BCUT2D eigenvalue weighted by Gasteiger charge is 2.20. The molecule has 0 saturated heterocycles. The second-order valence-corrected chi connectivity index (χ2v) is 6.39. The number of anilines is 1. The number of hydrogen-bond acceptors (Lipinski definition) is 5. The standard InChI is InChI=1S/C13H23N3O3S/c1-5-16(3)7-6-15-20(17,18)13-9-11(14)10(2)8-12(13)19-4/h8-9,15H,5-7,14H2,1-4H3. The number of hydrogen-bond donors (Lipinski definition) is 2. The van der Waals surface area contributed by atoms with Crippen molar-refractivity contribution in [3.05, 3.63) is 17.7 Å². The van der Waals surface area contributed by atoms with Gasteiger partial charge in [0.2, 0.25) is 10.0 Å². The van der Waals surface area contributed by atoms with Gasteiger partial charge in [-0.2, -0.15) is 0 Å². The lowest BCUT2D eigenvalue weighted by Crippen LogP contribution is -2.33. The monoisotopic (exact) mass is 301 g/mol. The number of aryl methyl sites for hydroxylation is 1. The molecule has 0 unspecified atom stereocenters. The lowest BCUT2D eigenvalue weighted by molar-refractivity contribution is 0.357. The summed E-state index contributed by atoms with van der Waals surface area (Å²) < 4.78 is 32.2. The molecule has 1 aromatic rings. The van der Waals surface area contributed by atoms with Crippen LogP contribution in [-0.4, -0.2) is 47.1 Å². The summed E-state index contributed by atoms with van der Waals surface area (Å²) in [5.74, 6) is 0.299. The third-order valence-electron chi connectivity index (χ3n) is 3.17. The molecule has 0 aromatic heterocycles. The molecule has 0 aliphatic heterocycles. The number of nitrogens with zero attached hydrogens (tertiary/aromatic N) is 1. The summed E-state index contributed by atoms with van der Waals surface area (Å²) in [6, 6.07) is 3.06. The van der Waals surface area contributed by atoms with Crippen LogP contribution in [-0.2, 0) is 10.0 Å². The number of nitrogens with two attached hydrogens (primary N) is 1. The van der Waals surface area contributed by atoms with Gasteiger partial charge in [-0.25, -0.2) is 13.1 Å². The second-order valence-electron chi connectivity index (χ2n) is 4.65. The van der Waals surface area contributed by atoms with Crippen LogP contribution in [0.15, 0.2) is 17.0 Å². The largest absolute Gasteiger partial charge is 0.495 e. The molecule has 1 rings (SSSR count). The molecular weight excluding hydrogens is 278 g/mol. The highest BCUT2D eigenvalue weighted by Crippen LogP contribution is 2.28. The van der Waals surface area contributed by atoms with Gasteiger partial charge >= 0.3 is 0 Å². The smallest absolute Gasteiger partial charge is 0.244 e. The fourth-order valence-corrected chi connectivity index (χ4v) is 2.86. The Balaban J connectivity index is 2.95. The molecule has 20 heavy (non-hydrogen) atoms. The highest BCUT2D eigenvalue weighted by molar-refractivity contribution is 7.89. The van der Waals surface area contributed by atoms with E-state index in [1.165, 1.54) is 13.2 Å². The van der Waals surface area contributed by atoms with Gasteiger partial charge in [0.25, 0.3) is 0 Å². The normalized spacial score (nSPS) is 11.8. The number of benzene rings is 1. The second kappa shape index (κ2) is 6.92. The van der Waals surface area contributed by atoms with E-state index in [9.17, 15) is 8.42 Å². The van der Waals surface area contributed by atoms with Crippen LogP contribution < -0.4 is 15.2 Å². The third-order valence-corrected chi connectivity index (χ3v) is 4.65. The van der Waals surface area contributed by atoms with E-state index in [1.807, 2.05) is 18.9 Å². The van der Waals surface area contributed by atoms with E-state index < -0.39 is 10.0 Å². The van der Waals surface area contributed by atoms with Crippen LogP contribution >= 0.6 is 0 Å². The predicted molar refractivity (Wildman–Crippen MR) is 80.5 cm³/mol. The zero-order valence-electron chi connectivity index (χ0n) is 12.4. The predicted octanol–water partition coefficient (Wildman–Crippen LogP) is 0.816. The molecule has 0 fully saturated rings. The van der Waals surface area contributed by atoms with Crippen molar-refractivity contribution in [1.82, 2.24) is 9.62 Å². The maximum absolute atomic E-state index is 12.3. The number of likely N-dealkylation sites (N-methyl/N-ethyl adjacent to an activating group) is 1. The molecule has 0 heterocycles. The highest BCUT2D eigenvalue weighted by atomic mass is 32.2. The van der Waals surface area contributed by atoms with Crippen molar-refractivity contribution in [3.8, 4) is 5.75 Å². The van der Waals surface area contributed by atoms with Crippen molar-refractivity contribution in [3.63, 3.8) is 0 Å². The van der Waals surface area contributed by atoms with Crippen molar-refractivity contribution in [2.24, 2.45) is 0 Å². The van der Waals surface area contributed by atoms with Gasteiger partial charge in [0, 0.05) is 18.8 Å². The Morgan fingerprint density at radius 3 is 2.60 bits per heavy atom. The average molecular weight is 301 g/mol. The van der Waals surface area contributed by atoms with E-state index >= 15 is 0 Å². The topological polar surface area (TPSA) is 84.7 Å². The van der Waals surface area contributed by atoms with E-state index in [0.29, 0.717) is 24.5 Å². The lowest BCUT2D eigenvalue weighted by Gasteiger charge is -2.16.